The van der Waals surface area contributed by atoms with Gasteiger partial charge in [-0.3, -0.25) is 14.5 Å². The van der Waals surface area contributed by atoms with Crippen molar-refractivity contribution in [3.05, 3.63) is 77.9 Å². The summed E-state index contributed by atoms with van der Waals surface area (Å²) in [6.07, 6.45) is 2.34. The molecule has 2 aromatic rings. The number of aliphatic hydroxyl groups is 1. The van der Waals surface area contributed by atoms with E-state index in [4.69, 9.17) is 14.2 Å². The lowest BCUT2D eigenvalue weighted by atomic mass is 9.95. The van der Waals surface area contributed by atoms with Crippen molar-refractivity contribution in [2.45, 2.75) is 12.5 Å². The summed E-state index contributed by atoms with van der Waals surface area (Å²) in [4.78, 5) is 30.3. The lowest BCUT2D eigenvalue weighted by Gasteiger charge is -2.29. The van der Waals surface area contributed by atoms with Gasteiger partial charge in [0.2, 0.25) is 0 Å². The summed E-state index contributed by atoms with van der Waals surface area (Å²) in [6, 6.07) is 13.3. The predicted octanol–water partition coefficient (Wildman–Crippen LogP) is 3.40. The molecule has 1 atom stereocenters. The van der Waals surface area contributed by atoms with Crippen molar-refractivity contribution >= 4 is 17.4 Å². The molecule has 190 valence electrons. The second-order valence-electron chi connectivity index (χ2n) is 8.70. The Morgan fingerprint density at radius 2 is 1.86 bits per heavy atom. The van der Waals surface area contributed by atoms with E-state index in [-0.39, 0.29) is 11.3 Å². The monoisotopic (exact) mass is 492 g/mol. The lowest BCUT2D eigenvalue weighted by molar-refractivity contribution is -0.140. The number of amides is 1. The van der Waals surface area contributed by atoms with Crippen LogP contribution in [0.2, 0.25) is 0 Å². The van der Waals surface area contributed by atoms with E-state index >= 15 is 0 Å². The molecule has 0 radical (unpaired) electrons. The van der Waals surface area contributed by atoms with Crippen molar-refractivity contribution in [3.8, 4) is 11.5 Å². The number of benzene rings is 2. The SMILES string of the molecule is C=CCOc1cccc([C@@H]2/C(=C(\O)c3ccc(OC)cc3)C(=O)C(=O)N2CCCN2CCOCC2)c1. The van der Waals surface area contributed by atoms with Gasteiger partial charge in [0.15, 0.2) is 0 Å². The Labute approximate surface area is 211 Å². The van der Waals surface area contributed by atoms with E-state index < -0.39 is 17.7 Å². The smallest absolute Gasteiger partial charge is 0.295 e. The molecular weight excluding hydrogens is 460 g/mol. The van der Waals surface area contributed by atoms with Gasteiger partial charge in [0.25, 0.3) is 11.7 Å². The van der Waals surface area contributed by atoms with Crippen LogP contribution >= 0.6 is 0 Å². The third kappa shape index (κ3) is 5.61. The molecule has 2 aliphatic heterocycles. The Hall–Kier alpha value is -3.62. The van der Waals surface area contributed by atoms with Gasteiger partial charge in [-0.05, 0) is 48.4 Å². The summed E-state index contributed by atoms with van der Waals surface area (Å²) < 4.78 is 16.3. The number of Topliss-reactive ketones (excluding diaryl/α,β-unsaturated/α-hetero) is 1. The average molecular weight is 493 g/mol. The fraction of sp³-hybridized carbons (Fsp3) is 0.357. The van der Waals surface area contributed by atoms with Gasteiger partial charge < -0.3 is 24.2 Å². The first-order valence-electron chi connectivity index (χ1n) is 12.1. The van der Waals surface area contributed by atoms with Gasteiger partial charge in [0, 0.05) is 31.7 Å². The predicted molar refractivity (Wildman–Crippen MR) is 136 cm³/mol. The summed E-state index contributed by atoms with van der Waals surface area (Å²) >= 11 is 0. The number of ether oxygens (including phenoxy) is 3. The van der Waals surface area contributed by atoms with E-state index in [1.807, 2.05) is 12.1 Å². The molecule has 2 aromatic carbocycles. The Morgan fingerprint density at radius 3 is 2.56 bits per heavy atom. The third-order valence-electron chi connectivity index (χ3n) is 6.42. The van der Waals surface area contributed by atoms with Crippen LogP contribution in [-0.4, -0.2) is 79.7 Å². The second-order valence-corrected chi connectivity index (χ2v) is 8.70. The number of hydrogen-bond acceptors (Lipinski definition) is 7. The molecule has 2 heterocycles. The molecule has 36 heavy (non-hydrogen) atoms. The van der Waals surface area contributed by atoms with Crippen LogP contribution < -0.4 is 9.47 Å². The molecule has 0 saturated carbocycles. The molecule has 1 amide bonds. The first-order chi connectivity index (χ1) is 17.5. The second kappa shape index (κ2) is 11.9. The molecule has 2 fully saturated rings. The molecule has 1 N–H and O–H groups in total. The minimum Gasteiger partial charge on any atom is -0.507 e. The van der Waals surface area contributed by atoms with Gasteiger partial charge >= 0.3 is 0 Å². The maximum Gasteiger partial charge on any atom is 0.295 e. The minimum atomic E-state index is -0.732. The Bertz CT molecular complexity index is 1120. The molecule has 0 aromatic heterocycles. The van der Waals surface area contributed by atoms with E-state index in [1.165, 1.54) is 0 Å². The number of carbonyl (C=O) groups is 2. The maximum atomic E-state index is 13.3. The topological polar surface area (TPSA) is 88.5 Å². The summed E-state index contributed by atoms with van der Waals surface area (Å²) in [7, 11) is 1.55. The Morgan fingerprint density at radius 1 is 1.11 bits per heavy atom. The zero-order chi connectivity index (χ0) is 25.5. The van der Waals surface area contributed by atoms with Crippen LogP contribution in [0.3, 0.4) is 0 Å². The van der Waals surface area contributed by atoms with Crippen LogP contribution in [0.1, 0.15) is 23.6 Å². The number of hydrogen-bond donors (Lipinski definition) is 1. The molecular formula is C28H32N2O6. The van der Waals surface area contributed by atoms with Gasteiger partial charge in [-0.2, -0.15) is 0 Å². The van der Waals surface area contributed by atoms with E-state index in [2.05, 4.69) is 11.5 Å². The fourth-order valence-corrected chi connectivity index (χ4v) is 4.58. The summed E-state index contributed by atoms with van der Waals surface area (Å²) in [5.41, 5.74) is 1.20. The Balaban J connectivity index is 1.68. The molecule has 0 unspecified atom stereocenters. The largest absolute Gasteiger partial charge is 0.507 e. The van der Waals surface area contributed by atoms with Crippen LogP contribution in [0.4, 0.5) is 0 Å². The highest BCUT2D eigenvalue weighted by molar-refractivity contribution is 6.46. The molecule has 2 aliphatic rings. The molecule has 2 saturated heterocycles. The van der Waals surface area contributed by atoms with Gasteiger partial charge in [-0.25, -0.2) is 0 Å². The van der Waals surface area contributed by atoms with Crippen molar-refractivity contribution in [3.63, 3.8) is 0 Å². The summed E-state index contributed by atoms with van der Waals surface area (Å²) in [5, 5.41) is 11.2. The highest BCUT2D eigenvalue weighted by Gasteiger charge is 2.46. The van der Waals surface area contributed by atoms with Crippen LogP contribution in [0.25, 0.3) is 5.76 Å². The molecule has 0 spiro atoms. The van der Waals surface area contributed by atoms with Gasteiger partial charge in [-0.15, -0.1) is 0 Å². The number of morpholine rings is 1. The molecule has 8 nitrogen and oxygen atoms in total. The van der Waals surface area contributed by atoms with Gasteiger partial charge in [0.1, 0.15) is 23.9 Å². The fourth-order valence-electron chi connectivity index (χ4n) is 4.58. The van der Waals surface area contributed by atoms with E-state index in [9.17, 15) is 14.7 Å². The standard InChI is InChI=1S/C28H32N2O6/c1-3-16-36-23-7-4-6-21(19-23)25-24(26(31)20-8-10-22(34-2)11-9-20)27(32)28(33)30(25)13-5-12-29-14-17-35-18-15-29/h3-4,6-11,19,25,31H,1,5,12-18H2,2H3/b26-24+/t25-/m1/s1. The van der Waals surface area contributed by atoms with Crippen molar-refractivity contribution in [2.75, 3.05) is 53.1 Å². The first-order valence-corrected chi connectivity index (χ1v) is 12.1. The third-order valence-corrected chi connectivity index (χ3v) is 6.42. The van der Waals surface area contributed by atoms with Crippen molar-refractivity contribution in [1.82, 2.24) is 9.80 Å². The van der Waals surface area contributed by atoms with Crippen molar-refractivity contribution in [2.24, 2.45) is 0 Å². The molecule has 8 heteroatoms. The minimum absolute atomic E-state index is 0.0670. The first kappa shape index (κ1) is 25.5. The highest BCUT2D eigenvalue weighted by atomic mass is 16.5. The zero-order valence-corrected chi connectivity index (χ0v) is 20.5. The van der Waals surface area contributed by atoms with Gasteiger partial charge in [0.05, 0.1) is 31.9 Å². The summed E-state index contributed by atoms with van der Waals surface area (Å²) in [6.45, 7) is 8.27. The van der Waals surface area contributed by atoms with Crippen LogP contribution in [0, 0.1) is 0 Å². The molecule has 0 bridgehead atoms. The average Bonchev–Trinajstić information content (AvgIpc) is 3.17. The van der Waals surface area contributed by atoms with Crippen LogP contribution in [0.15, 0.2) is 66.8 Å². The van der Waals surface area contributed by atoms with Crippen LogP contribution in [-0.2, 0) is 14.3 Å². The highest BCUT2D eigenvalue weighted by Crippen LogP contribution is 2.40. The zero-order valence-electron chi connectivity index (χ0n) is 20.5. The normalized spacial score (nSPS) is 19.9. The number of methoxy groups -OCH3 is 1. The maximum absolute atomic E-state index is 13.3. The van der Waals surface area contributed by atoms with Crippen molar-refractivity contribution in [1.29, 1.82) is 0 Å². The number of carbonyl (C=O) groups excluding carboxylic acids is 2. The quantitative estimate of drug-likeness (QED) is 0.235. The molecule has 0 aliphatic carbocycles. The number of nitrogens with zero attached hydrogens (tertiary/aromatic N) is 2. The number of likely N-dealkylation sites (tertiary alicyclic amines) is 1. The van der Waals surface area contributed by atoms with Crippen molar-refractivity contribution < 1.29 is 28.9 Å². The Kier molecular flexibility index (Phi) is 8.40. The number of aliphatic hydroxyl groups excluding tert-OH is 1. The lowest BCUT2D eigenvalue weighted by Crippen LogP contribution is -2.38. The number of ketones is 1. The molecule has 4 rings (SSSR count). The number of rotatable bonds is 10. The van der Waals surface area contributed by atoms with Gasteiger partial charge in [-0.1, -0.05) is 24.8 Å². The van der Waals surface area contributed by atoms with E-state index in [0.29, 0.717) is 55.4 Å². The van der Waals surface area contributed by atoms with E-state index in [1.54, 1.807) is 54.5 Å². The summed E-state index contributed by atoms with van der Waals surface area (Å²) in [5.74, 6) is -0.310. The van der Waals surface area contributed by atoms with E-state index in [0.717, 1.165) is 19.6 Å². The van der Waals surface area contributed by atoms with Crippen LogP contribution in [0.5, 0.6) is 11.5 Å².